The van der Waals surface area contributed by atoms with Crippen LogP contribution in [0.15, 0.2) is 0 Å². The maximum absolute atomic E-state index is 5.94. The molecule has 0 aromatic carbocycles. The third-order valence-electron chi connectivity index (χ3n) is 4.65. The van der Waals surface area contributed by atoms with Crippen LogP contribution >= 0.6 is 0 Å². The number of likely N-dealkylation sites (tertiary alicyclic amines) is 1. The molecule has 2 N–H and O–H groups in total. The predicted molar refractivity (Wildman–Crippen MR) is 68.5 cm³/mol. The van der Waals surface area contributed by atoms with Crippen molar-refractivity contribution < 1.29 is 0 Å². The fraction of sp³-hybridized carbons (Fsp3) is 1.00. The van der Waals surface area contributed by atoms with Gasteiger partial charge in [-0.05, 0) is 58.3 Å². The van der Waals surface area contributed by atoms with Gasteiger partial charge in [0.25, 0.3) is 0 Å². The van der Waals surface area contributed by atoms with Crippen LogP contribution in [0.25, 0.3) is 0 Å². The van der Waals surface area contributed by atoms with Crippen molar-refractivity contribution in [3.63, 3.8) is 0 Å². The smallest absolute Gasteiger partial charge is 0.0220 e. The average Bonchev–Trinajstić information content (AvgIpc) is 2.23. The van der Waals surface area contributed by atoms with Crippen molar-refractivity contribution in [2.45, 2.75) is 38.1 Å². The third-order valence-corrected chi connectivity index (χ3v) is 4.65. The molecule has 1 unspecified atom stereocenters. The van der Waals surface area contributed by atoms with Gasteiger partial charge in [0.15, 0.2) is 0 Å². The van der Waals surface area contributed by atoms with Gasteiger partial charge in [-0.3, -0.25) is 0 Å². The normalized spacial score (nSPS) is 30.4. The maximum atomic E-state index is 5.94. The van der Waals surface area contributed by atoms with E-state index in [1.165, 1.54) is 51.7 Å². The minimum atomic E-state index is 0.463. The van der Waals surface area contributed by atoms with Crippen LogP contribution in [0.4, 0.5) is 0 Å². The Balaban J connectivity index is 1.84. The molecular weight excluding hydrogens is 198 g/mol. The lowest BCUT2D eigenvalue weighted by atomic mass is 9.68. The third kappa shape index (κ3) is 2.58. The highest BCUT2D eigenvalue weighted by atomic mass is 15.2. The highest BCUT2D eigenvalue weighted by molar-refractivity contribution is 4.92. The molecule has 0 aromatic rings. The Morgan fingerprint density at radius 2 is 2.12 bits per heavy atom. The van der Waals surface area contributed by atoms with Crippen molar-refractivity contribution in [1.82, 2.24) is 9.80 Å². The molecule has 1 saturated carbocycles. The van der Waals surface area contributed by atoms with Crippen LogP contribution in [0, 0.1) is 5.41 Å². The first kappa shape index (κ1) is 12.3. The molecule has 3 nitrogen and oxygen atoms in total. The largest absolute Gasteiger partial charge is 0.330 e. The SMILES string of the molecule is CN1CCCC(N(C)CC2(CN)CCC2)C1. The number of piperidine rings is 1. The molecular formula is C13H27N3. The molecule has 1 aliphatic carbocycles. The van der Waals surface area contributed by atoms with Gasteiger partial charge in [0, 0.05) is 19.1 Å². The zero-order valence-corrected chi connectivity index (χ0v) is 10.9. The van der Waals surface area contributed by atoms with Crippen molar-refractivity contribution in [2.24, 2.45) is 11.1 Å². The van der Waals surface area contributed by atoms with Crippen LogP contribution in [0.1, 0.15) is 32.1 Å². The molecule has 3 heteroatoms. The van der Waals surface area contributed by atoms with Crippen molar-refractivity contribution in [1.29, 1.82) is 0 Å². The molecule has 0 amide bonds. The number of nitrogens with zero attached hydrogens (tertiary/aromatic N) is 2. The number of nitrogens with two attached hydrogens (primary N) is 1. The molecule has 0 bridgehead atoms. The van der Waals surface area contributed by atoms with E-state index in [1.54, 1.807) is 0 Å². The molecule has 1 atom stereocenters. The second-order valence-corrected chi connectivity index (χ2v) is 6.03. The summed E-state index contributed by atoms with van der Waals surface area (Å²) in [6.07, 6.45) is 6.78. The highest BCUT2D eigenvalue weighted by Crippen LogP contribution is 2.40. The molecule has 94 valence electrons. The molecule has 2 aliphatic rings. The van der Waals surface area contributed by atoms with Gasteiger partial charge in [-0.2, -0.15) is 0 Å². The van der Waals surface area contributed by atoms with Gasteiger partial charge >= 0.3 is 0 Å². The minimum Gasteiger partial charge on any atom is -0.330 e. The van der Waals surface area contributed by atoms with Crippen molar-refractivity contribution >= 4 is 0 Å². The van der Waals surface area contributed by atoms with Gasteiger partial charge in [0.1, 0.15) is 0 Å². The Morgan fingerprint density at radius 3 is 2.62 bits per heavy atom. The maximum Gasteiger partial charge on any atom is 0.0220 e. The minimum absolute atomic E-state index is 0.463. The molecule has 0 spiro atoms. The molecule has 2 rings (SSSR count). The van der Waals surface area contributed by atoms with Crippen molar-refractivity contribution in [3.05, 3.63) is 0 Å². The molecule has 1 heterocycles. The Labute approximate surface area is 100.0 Å². The highest BCUT2D eigenvalue weighted by Gasteiger charge is 2.37. The van der Waals surface area contributed by atoms with E-state index in [-0.39, 0.29) is 0 Å². The van der Waals surface area contributed by atoms with Crippen LogP contribution < -0.4 is 5.73 Å². The first-order valence-corrected chi connectivity index (χ1v) is 6.74. The molecule has 2 fully saturated rings. The van der Waals surface area contributed by atoms with Crippen LogP contribution in [-0.2, 0) is 0 Å². The first-order valence-electron chi connectivity index (χ1n) is 6.74. The van der Waals surface area contributed by atoms with E-state index >= 15 is 0 Å². The second-order valence-electron chi connectivity index (χ2n) is 6.03. The van der Waals surface area contributed by atoms with Crippen LogP contribution in [0.2, 0.25) is 0 Å². The van der Waals surface area contributed by atoms with E-state index < -0.39 is 0 Å². The molecule has 16 heavy (non-hydrogen) atoms. The summed E-state index contributed by atoms with van der Waals surface area (Å²) in [6.45, 7) is 4.59. The lowest BCUT2D eigenvalue weighted by Crippen LogP contribution is -2.52. The summed E-state index contributed by atoms with van der Waals surface area (Å²) in [5, 5.41) is 0. The molecule has 0 aromatic heterocycles. The molecule has 0 radical (unpaired) electrons. The number of hydrogen-bond donors (Lipinski definition) is 1. The standard InChI is InChI=1S/C13H27N3/c1-15-8-3-5-12(9-15)16(2)11-13(10-14)6-4-7-13/h12H,3-11,14H2,1-2H3. The van der Waals surface area contributed by atoms with E-state index in [2.05, 4.69) is 23.9 Å². The quantitative estimate of drug-likeness (QED) is 0.779. The fourth-order valence-corrected chi connectivity index (χ4v) is 3.26. The zero-order chi connectivity index (χ0) is 11.6. The lowest BCUT2D eigenvalue weighted by Gasteiger charge is -2.46. The van der Waals surface area contributed by atoms with Crippen molar-refractivity contribution in [2.75, 3.05) is 40.3 Å². The Kier molecular flexibility index (Phi) is 3.88. The second kappa shape index (κ2) is 5.03. The van der Waals surface area contributed by atoms with Gasteiger partial charge in [-0.1, -0.05) is 6.42 Å². The van der Waals surface area contributed by atoms with Gasteiger partial charge in [-0.15, -0.1) is 0 Å². The van der Waals surface area contributed by atoms with E-state index in [0.717, 1.165) is 12.6 Å². The summed E-state index contributed by atoms with van der Waals surface area (Å²) in [7, 11) is 4.53. The number of rotatable bonds is 4. The first-order chi connectivity index (χ1) is 7.65. The van der Waals surface area contributed by atoms with E-state index in [9.17, 15) is 0 Å². The lowest BCUT2D eigenvalue weighted by molar-refractivity contribution is 0.0450. The summed E-state index contributed by atoms with van der Waals surface area (Å²) in [5.74, 6) is 0. The Morgan fingerprint density at radius 1 is 1.38 bits per heavy atom. The summed E-state index contributed by atoms with van der Waals surface area (Å²) in [5.41, 5.74) is 6.40. The van der Waals surface area contributed by atoms with E-state index in [4.69, 9.17) is 5.73 Å². The van der Waals surface area contributed by atoms with Gasteiger partial charge in [-0.25, -0.2) is 0 Å². The Hall–Kier alpha value is -0.120. The van der Waals surface area contributed by atoms with Crippen LogP contribution in [-0.4, -0.2) is 56.1 Å². The molecule has 1 saturated heterocycles. The van der Waals surface area contributed by atoms with E-state index in [1.807, 2.05) is 0 Å². The van der Waals surface area contributed by atoms with Gasteiger partial charge in [0.2, 0.25) is 0 Å². The fourth-order valence-electron chi connectivity index (χ4n) is 3.26. The average molecular weight is 225 g/mol. The summed E-state index contributed by atoms with van der Waals surface area (Å²) < 4.78 is 0. The molecule has 1 aliphatic heterocycles. The topological polar surface area (TPSA) is 32.5 Å². The summed E-state index contributed by atoms with van der Waals surface area (Å²) >= 11 is 0. The predicted octanol–water partition coefficient (Wildman–Crippen LogP) is 1.14. The van der Waals surface area contributed by atoms with Crippen molar-refractivity contribution in [3.8, 4) is 0 Å². The number of likely N-dealkylation sites (N-methyl/N-ethyl adjacent to an activating group) is 2. The summed E-state index contributed by atoms with van der Waals surface area (Å²) in [4.78, 5) is 5.03. The van der Waals surface area contributed by atoms with Gasteiger partial charge in [0.05, 0.1) is 0 Å². The van der Waals surface area contributed by atoms with Crippen LogP contribution in [0.3, 0.4) is 0 Å². The van der Waals surface area contributed by atoms with Gasteiger partial charge < -0.3 is 15.5 Å². The Bertz CT molecular complexity index is 220. The van der Waals surface area contributed by atoms with Crippen LogP contribution in [0.5, 0.6) is 0 Å². The summed E-state index contributed by atoms with van der Waals surface area (Å²) in [6, 6.07) is 0.753. The van der Waals surface area contributed by atoms with E-state index in [0.29, 0.717) is 5.41 Å². The monoisotopic (exact) mass is 225 g/mol. The zero-order valence-electron chi connectivity index (χ0n) is 10.9. The number of hydrogen-bond acceptors (Lipinski definition) is 3.